The van der Waals surface area contributed by atoms with Crippen LogP contribution in [0.5, 0.6) is 5.75 Å². The Labute approximate surface area is 122 Å². The summed E-state index contributed by atoms with van der Waals surface area (Å²) in [6, 6.07) is 7.23. The van der Waals surface area contributed by atoms with E-state index in [0.717, 1.165) is 11.8 Å². The molecule has 0 fully saturated rings. The van der Waals surface area contributed by atoms with E-state index in [1.807, 2.05) is 19.1 Å². The number of ether oxygens (including phenoxy) is 2. The van der Waals surface area contributed by atoms with Crippen LogP contribution in [0.1, 0.15) is 23.7 Å². The molecule has 0 saturated heterocycles. The zero-order valence-electron chi connectivity index (χ0n) is 11.3. The van der Waals surface area contributed by atoms with Crippen molar-refractivity contribution in [3.8, 4) is 5.75 Å². The molecule has 0 heterocycles. The number of rotatable bonds is 8. The van der Waals surface area contributed by atoms with Crippen LogP contribution < -0.4 is 10.1 Å². The second-order valence-electron chi connectivity index (χ2n) is 4.03. The van der Waals surface area contributed by atoms with Crippen molar-refractivity contribution in [3.05, 3.63) is 29.8 Å². The number of para-hydroxylation sites is 1. The highest BCUT2D eigenvalue weighted by atomic mass is 79.9. The monoisotopic (exact) mass is 329 g/mol. The third kappa shape index (κ3) is 5.20. The third-order valence-electron chi connectivity index (χ3n) is 2.59. The van der Waals surface area contributed by atoms with Gasteiger partial charge in [0.05, 0.1) is 24.8 Å². The minimum Gasteiger partial charge on any atom is -0.493 e. The van der Waals surface area contributed by atoms with Gasteiger partial charge in [0.1, 0.15) is 5.75 Å². The molecule has 1 amide bonds. The van der Waals surface area contributed by atoms with Crippen LogP contribution in [0, 0.1) is 0 Å². The molecular weight excluding hydrogens is 310 g/mol. The second-order valence-corrected chi connectivity index (χ2v) is 4.83. The summed E-state index contributed by atoms with van der Waals surface area (Å²) in [5.74, 6) is 0.476. The molecule has 0 radical (unpaired) electrons. The van der Waals surface area contributed by atoms with Crippen molar-refractivity contribution in [2.75, 3.05) is 25.7 Å². The number of halogens is 1. The number of alkyl halides is 1. The van der Waals surface area contributed by atoms with Gasteiger partial charge in [-0.25, -0.2) is 0 Å². The van der Waals surface area contributed by atoms with Crippen molar-refractivity contribution in [1.82, 2.24) is 5.32 Å². The molecule has 1 N–H and O–H groups in total. The van der Waals surface area contributed by atoms with E-state index in [1.165, 1.54) is 0 Å². The van der Waals surface area contributed by atoms with Crippen molar-refractivity contribution in [2.24, 2.45) is 0 Å². The summed E-state index contributed by atoms with van der Waals surface area (Å²) in [6.07, 6.45) is 0.816. The van der Waals surface area contributed by atoms with Crippen LogP contribution in [0.2, 0.25) is 0 Å². The molecule has 0 aliphatic carbocycles. The van der Waals surface area contributed by atoms with E-state index in [0.29, 0.717) is 24.5 Å². The van der Waals surface area contributed by atoms with Crippen molar-refractivity contribution in [3.63, 3.8) is 0 Å². The molecule has 1 unspecified atom stereocenters. The molecule has 0 aromatic heterocycles. The smallest absolute Gasteiger partial charge is 0.255 e. The van der Waals surface area contributed by atoms with Gasteiger partial charge in [0, 0.05) is 12.4 Å². The zero-order chi connectivity index (χ0) is 14.1. The number of benzene rings is 1. The van der Waals surface area contributed by atoms with Crippen molar-refractivity contribution in [2.45, 2.75) is 19.4 Å². The van der Waals surface area contributed by atoms with Crippen LogP contribution in [0.25, 0.3) is 0 Å². The molecule has 4 nitrogen and oxygen atoms in total. The topological polar surface area (TPSA) is 47.6 Å². The van der Waals surface area contributed by atoms with Gasteiger partial charge in [-0.1, -0.05) is 28.1 Å². The number of nitrogens with one attached hydrogen (secondary N) is 1. The number of methoxy groups -OCH3 is 1. The molecule has 0 aliphatic heterocycles. The van der Waals surface area contributed by atoms with Gasteiger partial charge in [0.2, 0.25) is 0 Å². The molecule has 5 heteroatoms. The Morgan fingerprint density at radius 2 is 2.16 bits per heavy atom. The maximum atomic E-state index is 12.2. The van der Waals surface area contributed by atoms with E-state index in [9.17, 15) is 4.79 Å². The minimum atomic E-state index is -0.132. The first-order chi connectivity index (χ1) is 9.22. The van der Waals surface area contributed by atoms with E-state index in [1.54, 1.807) is 19.2 Å². The maximum absolute atomic E-state index is 12.2. The summed E-state index contributed by atoms with van der Waals surface area (Å²) in [6.45, 7) is 2.93. The fourth-order valence-electron chi connectivity index (χ4n) is 1.73. The summed E-state index contributed by atoms with van der Waals surface area (Å²) in [5, 5.41) is 3.77. The molecule has 0 saturated carbocycles. The van der Waals surface area contributed by atoms with Crippen LogP contribution in [0.3, 0.4) is 0 Å². The SMILES string of the molecule is CCOc1ccccc1C(=O)NC(CCBr)COC. The summed E-state index contributed by atoms with van der Waals surface area (Å²) in [4.78, 5) is 12.2. The van der Waals surface area contributed by atoms with Gasteiger partial charge < -0.3 is 14.8 Å². The lowest BCUT2D eigenvalue weighted by atomic mass is 10.1. The fourth-order valence-corrected chi connectivity index (χ4v) is 2.28. The highest BCUT2D eigenvalue weighted by molar-refractivity contribution is 9.09. The van der Waals surface area contributed by atoms with E-state index in [-0.39, 0.29) is 11.9 Å². The van der Waals surface area contributed by atoms with Gasteiger partial charge in [0.15, 0.2) is 0 Å². The normalized spacial score (nSPS) is 11.9. The van der Waals surface area contributed by atoms with E-state index in [2.05, 4.69) is 21.2 Å². The lowest BCUT2D eigenvalue weighted by molar-refractivity contribution is 0.0892. The molecule has 1 aromatic carbocycles. The van der Waals surface area contributed by atoms with Crippen molar-refractivity contribution in [1.29, 1.82) is 0 Å². The number of amides is 1. The first kappa shape index (κ1) is 16.0. The number of hydrogen-bond acceptors (Lipinski definition) is 3. The molecule has 1 rings (SSSR count). The van der Waals surface area contributed by atoms with Crippen LogP contribution in [0.4, 0.5) is 0 Å². The predicted octanol–water partition coefficient (Wildman–Crippen LogP) is 2.62. The van der Waals surface area contributed by atoms with Gasteiger partial charge in [0.25, 0.3) is 5.91 Å². The molecule has 1 aromatic rings. The first-order valence-corrected chi connectivity index (χ1v) is 7.42. The number of carbonyl (C=O) groups is 1. The number of hydrogen-bond donors (Lipinski definition) is 1. The summed E-state index contributed by atoms with van der Waals surface area (Å²) in [7, 11) is 1.63. The fraction of sp³-hybridized carbons (Fsp3) is 0.500. The quantitative estimate of drug-likeness (QED) is 0.746. The van der Waals surface area contributed by atoms with Crippen LogP contribution in [-0.2, 0) is 4.74 Å². The molecule has 19 heavy (non-hydrogen) atoms. The molecule has 0 aliphatic rings. The Bertz CT molecular complexity index is 392. The van der Waals surface area contributed by atoms with Crippen LogP contribution in [0.15, 0.2) is 24.3 Å². The second kappa shape index (κ2) is 8.93. The lowest BCUT2D eigenvalue weighted by Crippen LogP contribution is -2.38. The van der Waals surface area contributed by atoms with Gasteiger partial charge >= 0.3 is 0 Å². The van der Waals surface area contributed by atoms with Gasteiger partial charge in [-0.15, -0.1) is 0 Å². The standard InChI is InChI=1S/C14H20BrNO3/c1-3-19-13-7-5-4-6-12(13)14(17)16-11(8-9-15)10-18-2/h4-7,11H,3,8-10H2,1-2H3,(H,16,17). The summed E-state index contributed by atoms with van der Waals surface area (Å²) < 4.78 is 10.6. The van der Waals surface area contributed by atoms with E-state index in [4.69, 9.17) is 9.47 Å². The molecule has 0 spiro atoms. The maximum Gasteiger partial charge on any atom is 0.255 e. The highest BCUT2D eigenvalue weighted by Gasteiger charge is 2.16. The highest BCUT2D eigenvalue weighted by Crippen LogP contribution is 2.18. The predicted molar refractivity (Wildman–Crippen MR) is 79.2 cm³/mol. The summed E-state index contributed by atoms with van der Waals surface area (Å²) in [5.41, 5.74) is 0.556. The average Bonchev–Trinajstić information content (AvgIpc) is 2.40. The van der Waals surface area contributed by atoms with E-state index >= 15 is 0 Å². The Morgan fingerprint density at radius 3 is 2.79 bits per heavy atom. The summed E-state index contributed by atoms with van der Waals surface area (Å²) >= 11 is 3.37. The minimum absolute atomic E-state index is 0.00782. The molecule has 106 valence electrons. The molecular formula is C14H20BrNO3. The van der Waals surface area contributed by atoms with Gasteiger partial charge in [-0.2, -0.15) is 0 Å². The van der Waals surface area contributed by atoms with E-state index < -0.39 is 0 Å². The molecule has 1 atom stereocenters. The Balaban J connectivity index is 2.75. The van der Waals surface area contributed by atoms with Crippen LogP contribution in [-0.4, -0.2) is 37.6 Å². The Kier molecular flexibility index (Phi) is 7.52. The Morgan fingerprint density at radius 1 is 1.42 bits per heavy atom. The lowest BCUT2D eigenvalue weighted by Gasteiger charge is -2.18. The zero-order valence-corrected chi connectivity index (χ0v) is 12.9. The third-order valence-corrected chi connectivity index (χ3v) is 3.05. The van der Waals surface area contributed by atoms with Crippen molar-refractivity contribution < 1.29 is 14.3 Å². The number of carbonyl (C=O) groups excluding carboxylic acids is 1. The Hall–Kier alpha value is -1.07. The molecule has 0 bridgehead atoms. The van der Waals surface area contributed by atoms with Gasteiger partial charge in [-0.3, -0.25) is 4.79 Å². The first-order valence-electron chi connectivity index (χ1n) is 6.30. The van der Waals surface area contributed by atoms with Gasteiger partial charge in [-0.05, 0) is 25.5 Å². The largest absolute Gasteiger partial charge is 0.493 e. The average molecular weight is 330 g/mol. The van der Waals surface area contributed by atoms with Crippen molar-refractivity contribution >= 4 is 21.8 Å². The van der Waals surface area contributed by atoms with Crippen LogP contribution >= 0.6 is 15.9 Å².